The Morgan fingerprint density at radius 1 is 1.29 bits per heavy atom. The molecule has 1 N–H and O–H groups in total. The van der Waals surface area contributed by atoms with Gasteiger partial charge in [0.25, 0.3) is 0 Å². The fraction of sp³-hybridized carbons (Fsp3) is 0.312. The van der Waals surface area contributed by atoms with E-state index in [1.807, 2.05) is 12.1 Å². The quantitative estimate of drug-likeness (QED) is 0.886. The first-order valence-corrected chi connectivity index (χ1v) is 6.92. The summed E-state index contributed by atoms with van der Waals surface area (Å²) in [7, 11) is 0. The Kier molecular flexibility index (Phi) is 3.75. The minimum atomic E-state index is -1.24. The average molecular weight is 289 g/mol. The van der Waals surface area contributed by atoms with Gasteiger partial charge in [0.1, 0.15) is 11.6 Å². The summed E-state index contributed by atoms with van der Waals surface area (Å²) in [6, 6.07) is 8.64. The molecule has 0 radical (unpaired) electrons. The SMILES string of the molecule is O=C(O)c1cccc(CN(Cc2ccco2)C2CC2)c1F. The van der Waals surface area contributed by atoms with E-state index in [0.29, 0.717) is 24.7 Å². The van der Waals surface area contributed by atoms with Crippen LogP contribution in [0.15, 0.2) is 41.0 Å². The molecule has 5 heteroatoms. The number of benzene rings is 1. The van der Waals surface area contributed by atoms with Crippen molar-refractivity contribution in [1.82, 2.24) is 4.90 Å². The third-order valence-electron chi connectivity index (χ3n) is 3.68. The summed E-state index contributed by atoms with van der Waals surface area (Å²) in [5.41, 5.74) is 0.134. The maximum absolute atomic E-state index is 14.2. The van der Waals surface area contributed by atoms with Gasteiger partial charge in [-0.1, -0.05) is 12.1 Å². The summed E-state index contributed by atoms with van der Waals surface area (Å²) in [6.45, 7) is 0.993. The summed E-state index contributed by atoms with van der Waals surface area (Å²) < 4.78 is 19.6. The first-order chi connectivity index (χ1) is 10.1. The van der Waals surface area contributed by atoms with Crippen LogP contribution in [0.1, 0.15) is 34.5 Å². The number of hydrogen-bond donors (Lipinski definition) is 1. The van der Waals surface area contributed by atoms with Crippen molar-refractivity contribution in [2.45, 2.75) is 32.0 Å². The summed E-state index contributed by atoms with van der Waals surface area (Å²) in [5.74, 6) is -1.05. The van der Waals surface area contributed by atoms with E-state index < -0.39 is 11.8 Å². The van der Waals surface area contributed by atoms with Gasteiger partial charge in [-0.2, -0.15) is 0 Å². The number of carboxylic acids is 1. The van der Waals surface area contributed by atoms with Gasteiger partial charge in [0.05, 0.1) is 18.4 Å². The molecule has 1 aliphatic carbocycles. The molecule has 2 aromatic rings. The molecule has 3 rings (SSSR count). The lowest BCUT2D eigenvalue weighted by Gasteiger charge is -2.21. The van der Waals surface area contributed by atoms with Crippen LogP contribution in [0.2, 0.25) is 0 Å². The molecule has 0 saturated heterocycles. The largest absolute Gasteiger partial charge is 0.478 e. The lowest BCUT2D eigenvalue weighted by molar-refractivity contribution is 0.0691. The van der Waals surface area contributed by atoms with Crippen molar-refractivity contribution in [3.8, 4) is 0 Å². The molecule has 1 fully saturated rings. The molecule has 1 aliphatic rings. The highest BCUT2D eigenvalue weighted by Crippen LogP contribution is 2.30. The van der Waals surface area contributed by atoms with Crippen molar-refractivity contribution in [1.29, 1.82) is 0 Å². The molecular weight excluding hydrogens is 273 g/mol. The van der Waals surface area contributed by atoms with Crippen molar-refractivity contribution < 1.29 is 18.7 Å². The Morgan fingerprint density at radius 2 is 2.10 bits per heavy atom. The Morgan fingerprint density at radius 3 is 2.71 bits per heavy atom. The molecule has 0 spiro atoms. The number of carboxylic acid groups (broad SMARTS) is 1. The summed E-state index contributed by atoms with van der Waals surface area (Å²) in [6.07, 6.45) is 3.79. The van der Waals surface area contributed by atoms with Crippen LogP contribution in [0, 0.1) is 5.82 Å². The molecule has 1 saturated carbocycles. The van der Waals surface area contributed by atoms with E-state index >= 15 is 0 Å². The van der Waals surface area contributed by atoms with Crippen molar-refractivity contribution in [2.75, 3.05) is 0 Å². The standard InChI is InChI=1S/C16H16FNO3/c17-15-11(3-1-5-14(15)16(19)20)9-18(12-6-7-12)10-13-4-2-8-21-13/h1-5,8,12H,6-7,9-10H2,(H,19,20). The zero-order valence-corrected chi connectivity index (χ0v) is 11.5. The van der Waals surface area contributed by atoms with Gasteiger partial charge in [0.2, 0.25) is 0 Å². The van der Waals surface area contributed by atoms with Crippen LogP contribution in [-0.4, -0.2) is 22.0 Å². The third kappa shape index (κ3) is 3.13. The van der Waals surface area contributed by atoms with Gasteiger partial charge in [-0.05, 0) is 31.0 Å². The molecule has 0 aliphatic heterocycles. The molecular formula is C16H16FNO3. The zero-order valence-electron chi connectivity index (χ0n) is 11.5. The molecule has 0 amide bonds. The molecule has 4 nitrogen and oxygen atoms in total. The molecule has 1 aromatic heterocycles. The van der Waals surface area contributed by atoms with Crippen LogP contribution in [0.4, 0.5) is 4.39 Å². The summed E-state index contributed by atoms with van der Waals surface area (Å²) in [5, 5.41) is 8.98. The smallest absolute Gasteiger partial charge is 0.338 e. The molecule has 0 unspecified atom stereocenters. The van der Waals surface area contributed by atoms with Gasteiger partial charge in [0.15, 0.2) is 0 Å². The Bertz CT molecular complexity index is 635. The normalized spacial score (nSPS) is 14.6. The first-order valence-electron chi connectivity index (χ1n) is 6.92. The van der Waals surface area contributed by atoms with Crippen molar-refractivity contribution >= 4 is 5.97 Å². The van der Waals surface area contributed by atoms with Crippen LogP contribution < -0.4 is 0 Å². The second-order valence-electron chi connectivity index (χ2n) is 5.30. The van der Waals surface area contributed by atoms with Gasteiger partial charge in [-0.3, -0.25) is 4.90 Å². The van der Waals surface area contributed by atoms with Gasteiger partial charge in [-0.25, -0.2) is 9.18 Å². The minimum Gasteiger partial charge on any atom is -0.478 e. The summed E-state index contributed by atoms with van der Waals surface area (Å²) >= 11 is 0. The van der Waals surface area contributed by atoms with E-state index in [-0.39, 0.29) is 5.56 Å². The summed E-state index contributed by atoms with van der Waals surface area (Å²) in [4.78, 5) is 13.1. The van der Waals surface area contributed by atoms with E-state index in [1.54, 1.807) is 18.4 Å². The van der Waals surface area contributed by atoms with Gasteiger partial charge in [-0.15, -0.1) is 0 Å². The number of aromatic carboxylic acids is 1. The highest BCUT2D eigenvalue weighted by molar-refractivity contribution is 5.88. The molecule has 21 heavy (non-hydrogen) atoms. The maximum atomic E-state index is 14.2. The average Bonchev–Trinajstić information content (AvgIpc) is 3.18. The molecule has 1 aromatic carbocycles. The first kappa shape index (κ1) is 13.8. The monoisotopic (exact) mass is 289 g/mol. The fourth-order valence-electron chi connectivity index (χ4n) is 2.44. The molecule has 0 bridgehead atoms. The Labute approximate surface area is 121 Å². The lowest BCUT2D eigenvalue weighted by atomic mass is 10.1. The van der Waals surface area contributed by atoms with Gasteiger partial charge >= 0.3 is 5.97 Å². The second kappa shape index (κ2) is 5.69. The number of hydrogen-bond acceptors (Lipinski definition) is 3. The highest BCUT2D eigenvalue weighted by atomic mass is 19.1. The van der Waals surface area contributed by atoms with E-state index in [9.17, 15) is 9.18 Å². The number of carbonyl (C=O) groups is 1. The molecule has 110 valence electrons. The van der Waals surface area contributed by atoms with Crippen LogP contribution in [0.25, 0.3) is 0 Å². The zero-order chi connectivity index (χ0) is 14.8. The van der Waals surface area contributed by atoms with Crippen LogP contribution in [0.5, 0.6) is 0 Å². The lowest BCUT2D eigenvalue weighted by Crippen LogP contribution is -2.25. The number of halogens is 1. The second-order valence-corrected chi connectivity index (χ2v) is 5.30. The molecule has 0 atom stereocenters. The van der Waals surface area contributed by atoms with Gasteiger partial charge in [0, 0.05) is 18.2 Å². The van der Waals surface area contributed by atoms with E-state index in [2.05, 4.69) is 4.90 Å². The highest BCUT2D eigenvalue weighted by Gasteiger charge is 2.30. The number of furan rings is 1. The fourth-order valence-corrected chi connectivity index (χ4v) is 2.44. The topological polar surface area (TPSA) is 53.7 Å². The Hall–Kier alpha value is -2.14. The van der Waals surface area contributed by atoms with Gasteiger partial charge < -0.3 is 9.52 Å². The maximum Gasteiger partial charge on any atom is 0.338 e. The Balaban J connectivity index is 1.80. The van der Waals surface area contributed by atoms with E-state index in [0.717, 1.165) is 18.6 Å². The van der Waals surface area contributed by atoms with Crippen LogP contribution >= 0.6 is 0 Å². The number of rotatable bonds is 6. The third-order valence-corrected chi connectivity index (χ3v) is 3.68. The van der Waals surface area contributed by atoms with E-state index in [4.69, 9.17) is 9.52 Å². The minimum absolute atomic E-state index is 0.277. The van der Waals surface area contributed by atoms with E-state index in [1.165, 1.54) is 6.07 Å². The van der Waals surface area contributed by atoms with Crippen LogP contribution in [-0.2, 0) is 13.1 Å². The van der Waals surface area contributed by atoms with Crippen molar-refractivity contribution in [3.63, 3.8) is 0 Å². The van der Waals surface area contributed by atoms with Crippen molar-refractivity contribution in [3.05, 3.63) is 59.3 Å². The van der Waals surface area contributed by atoms with Crippen molar-refractivity contribution in [2.24, 2.45) is 0 Å². The predicted molar refractivity (Wildman–Crippen MR) is 74.3 cm³/mol. The van der Waals surface area contributed by atoms with Crippen LogP contribution in [0.3, 0.4) is 0 Å². The predicted octanol–water partition coefficient (Wildman–Crippen LogP) is 3.28. The number of nitrogens with zero attached hydrogens (tertiary/aromatic N) is 1. The molecule has 1 heterocycles.